The van der Waals surface area contributed by atoms with E-state index >= 15 is 0 Å². The third-order valence-corrected chi connectivity index (χ3v) is 19.0. The van der Waals surface area contributed by atoms with Crippen LogP contribution in [0, 0.1) is 6.92 Å². The van der Waals surface area contributed by atoms with Gasteiger partial charge in [-0.1, -0.05) is 310 Å². The molecule has 0 N–H and O–H groups in total. The van der Waals surface area contributed by atoms with E-state index in [0.29, 0.717) is 17.5 Å². The van der Waals surface area contributed by atoms with Crippen LogP contribution in [0.15, 0.2) is 352 Å². The van der Waals surface area contributed by atoms with Gasteiger partial charge in [-0.15, -0.1) is 0 Å². The summed E-state index contributed by atoms with van der Waals surface area (Å²) in [5, 5.41) is 4.35. The molecule has 0 spiro atoms. The molecule has 8 nitrogen and oxygen atoms in total. The van der Waals surface area contributed by atoms with E-state index in [9.17, 15) is 0 Å². The molecule has 0 aliphatic heterocycles. The van der Waals surface area contributed by atoms with Crippen molar-refractivity contribution in [2.45, 2.75) is 20.3 Å². The fourth-order valence-corrected chi connectivity index (χ4v) is 13.7. The number of benzene rings is 12. The van der Waals surface area contributed by atoms with E-state index in [1.54, 1.807) is 0 Å². The first-order valence-corrected chi connectivity index (χ1v) is 34.8. The van der Waals surface area contributed by atoms with Crippen LogP contribution in [-0.4, -0.2) is 39.9 Å². The number of hydrogen-bond donors (Lipinski definition) is 0. The molecule has 0 bridgehead atoms. The van der Waals surface area contributed by atoms with Crippen LogP contribution in [0.25, 0.3) is 178 Å². The minimum atomic E-state index is 0.630. The van der Waals surface area contributed by atoms with Crippen molar-refractivity contribution < 1.29 is 0 Å². The molecule has 486 valence electrons. The molecular formula is C95H66N8. The number of pyridine rings is 5. The molecular weight excluding hydrogens is 1250 g/mol. The van der Waals surface area contributed by atoms with Gasteiger partial charge in [0.15, 0.2) is 17.5 Å². The molecule has 0 unspecified atom stereocenters. The third kappa shape index (κ3) is 13.1. The van der Waals surface area contributed by atoms with E-state index < -0.39 is 0 Å². The van der Waals surface area contributed by atoms with Crippen LogP contribution < -0.4 is 0 Å². The molecule has 0 fully saturated rings. The summed E-state index contributed by atoms with van der Waals surface area (Å²) in [6.07, 6.45) is 0.845. The Kier molecular flexibility index (Phi) is 17.1. The van der Waals surface area contributed by atoms with Gasteiger partial charge in [-0.3, -0.25) is 9.97 Å². The van der Waals surface area contributed by atoms with Crippen LogP contribution in [0.4, 0.5) is 0 Å². The maximum Gasteiger partial charge on any atom is 0.164 e. The topological polar surface area (TPSA) is 103 Å². The number of nitrogens with zero attached hydrogens (tertiary/aromatic N) is 8. The maximum atomic E-state index is 5.14. The lowest BCUT2D eigenvalue weighted by molar-refractivity contribution is 1.06. The Labute approximate surface area is 598 Å². The van der Waals surface area contributed by atoms with E-state index in [-0.39, 0.29) is 0 Å². The molecule has 0 aliphatic rings. The standard InChI is InChI=1S/C49H35N3.C46H31N5/c1-2-42-32-44(43-28-26-40-27-29-45(37-14-8-4-9-15-37)52-48(40)49(43)50-42)36-22-18-34(19-23-36)35-20-24-39(25-21-35)47-31-41(33-12-6-3-7-13-33)30-46(51-47)38-16-10-5-11-17-38;1-30-27-40(39-25-23-32-24-26-41(31-13-5-2-6-14-31)48-42(32)43(39)47-30)37-21-11-19-35(28-37)36-20-12-22-38(29-36)46-50-44(33-15-7-3-8-16-33)49-45(51-46)34-17-9-4-10-18-34/h3-32H,2H2,1H3;2-29H,1H3. The lowest BCUT2D eigenvalue weighted by Gasteiger charge is -2.13. The van der Waals surface area contributed by atoms with Gasteiger partial charge < -0.3 is 0 Å². The SMILES string of the molecule is CCc1cc(-c2ccc(-c3ccc(-c4cc(-c5ccccc5)cc(-c5ccccc5)n4)cc3)cc2)c2ccc3ccc(-c4ccccc4)nc3c2n1.Cc1cc(-c2cccc(-c3cccc(-c4nc(-c5ccccc5)nc(-c5ccccc5)n4)c3)c2)c2ccc3ccc(-c4ccccc4)nc3c2n1. The van der Waals surface area contributed by atoms with Gasteiger partial charge in [-0.2, -0.15) is 0 Å². The number of rotatable bonds is 13. The van der Waals surface area contributed by atoms with Gasteiger partial charge in [-0.25, -0.2) is 29.9 Å². The zero-order valence-corrected chi connectivity index (χ0v) is 56.8. The molecule has 18 rings (SSSR count). The lowest BCUT2D eigenvalue weighted by Crippen LogP contribution is -2.00. The van der Waals surface area contributed by atoms with Crippen LogP contribution in [0.3, 0.4) is 0 Å². The predicted octanol–water partition coefficient (Wildman–Crippen LogP) is 24.0. The van der Waals surface area contributed by atoms with Crippen LogP contribution in [0.5, 0.6) is 0 Å². The fourth-order valence-electron chi connectivity index (χ4n) is 13.7. The third-order valence-electron chi connectivity index (χ3n) is 19.0. The van der Waals surface area contributed by atoms with Crippen molar-refractivity contribution in [2.75, 3.05) is 0 Å². The van der Waals surface area contributed by atoms with Gasteiger partial charge in [0.1, 0.15) is 0 Å². The summed E-state index contributed by atoms with van der Waals surface area (Å²) in [5.41, 5.74) is 28.1. The minimum absolute atomic E-state index is 0.630. The molecule has 6 heterocycles. The van der Waals surface area contributed by atoms with E-state index in [0.717, 1.165) is 162 Å². The van der Waals surface area contributed by atoms with Crippen LogP contribution in [0.2, 0.25) is 0 Å². The summed E-state index contributed by atoms with van der Waals surface area (Å²) in [5.74, 6) is 1.92. The normalized spacial score (nSPS) is 11.2. The molecule has 0 saturated carbocycles. The van der Waals surface area contributed by atoms with E-state index in [1.165, 1.54) is 16.7 Å². The zero-order chi connectivity index (χ0) is 69.0. The Morgan fingerprint density at radius 2 is 0.553 bits per heavy atom. The second kappa shape index (κ2) is 28.0. The molecule has 103 heavy (non-hydrogen) atoms. The molecule has 8 heteroatoms. The summed E-state index contributed by atoms with van der Waals surface area (Å²) in [4.78, 5) is 40.3. The second-order valence-corrected chi connectivity index (χ2v) is 25.7. The van der Waals surface area contributed by atoms with Crippen molar-refractivity contribution in [3.63, 3.8) is 0 Å². The van der Waals surface area contributed by atoms with Crippen molar-refractivity contribution in [1.29, 1.82) is 0 Å². The Balaban J connectivity index is 0.000000153. The highest BCUT2D eigenvalue weighted by molar-refractivity contribution is 6.10. The highest BCUT2D eigenvalue weighted by atomic mass is 15.0. The van der Waals surface area contributed by atoms with Crippen molar-refractivity contribution >= 4 is 43.6 Å². The smallest absolute Gasteiger partial charge is 0.164 e. The van der Waals surface area contributed by atoms with Gasteiger partial charge >= 0.3 is 0 Å². The molecule has 0 atom stereocenters. The van der Waals surface area contributed by atoms with Gasteiger partial charge in [-0.05, 0) is 118 Å². The van der Waals surface area contributed by atoms with Gasteiger partial charge in [0.2, 0.25) is 0 Å². The fraction of sp³-hybridized carbons (Fsp3) is 0.0316. The molecule has 6 aromatic heterocycles. The number of fused-ring (bicyclic) bond motifs is 6. The maximum absolute atomic E-state index is 5.14. The van der Waals surface area contributed by atoms with Gasteiger partial charge in [0.05, 0.1) is 44.8 Å². The summed E-state index contributed by atoms with van der Waals surface area (Å²) >= 11 is 0. The second-order valence-electron chi connectivity index (χ2n) is 25.7. The average Bonchev–Trinajstić information content (AvgIpc) is 0.766. The largest absolute Gasteiger partial charge is 0.251 e. The summed E-state index contributed by atoms with van der Waals surface area (Å²) in [7, 11) is 0. The van der Waals surface area contributed by atoms with Crippen LogP contribution in [0.1, 0.15) is 18.3 Å². The highest BCUT2D eigenvalue weighted by Gasteiger charge is 2.19. The van der Waals surface area contributed by atoms with Crippen molar-refractivity contribution in [3.05, 3.63) is 363 Å². The molecule has 18 aromatic rings. The van der Waals surface area contributed by atoms with E-state index in [2.05, 4.69) is 275 Å². The highest BCUT2D eigenvalue weighted by Crippen LogP contribution is 2.39. The van der Waals surface area contributed by atoms with Crippen molar-refractivity contribution in [2.24, 2.45) is 0 Å². The predicted molar refractivity (Wildman–Crippen MR) is 425 cm³/mol. The molecule has 0 amide bonds. The molecule has 12 aromatic carbocycles. The van der Waals surface area contributed by atoms with Crippen LogP contribution >= 0.6 is 0 Å². The monoisotopic (exact) mass is 1320 g/mol. The summed E-state index contributed by atoms with van der Waals surface area (Å²) in [6.45, 7) is 4.22. The van der Waals surface area contributed by atoms with E-state index in [1.807, 2.05) is 91.0 Å². The summed E-state index contributed by atoms with van der Waals surface area (Å²) < 4.78 is 0. The van der Waals surface area contributed by atoms with E-state index in [4.69, 9.17) is 39.9 Å². The van der Waals surface area contributed by atoms with Crippen molar-refractivity contribution in [3.8, 4) is 135 Å². The quantitative estimate of drug-likeness (QED) is 0.105. The molecule has 0 radical (unpaired) electrons. The van der Waals surface area contributed by atoms with Crippen molar-refractivity contribution in [1.82, 2.24) is 39.9 Å². The Hall–Kier alpha value is -13.6. The first-order chi connectivity index (χ1) is 50.9. The van der Waals surface area contributed by atoms with Gasteiger partial charge in [0.25, 0.3) is 0 Å². The lowest BCUT2D eigenvalue weighted by atomic mass is 9.95. The van der Waals surface area contributed by atoms with Crippen LogP contribution in [-0.2, 0) is 6.42 Å². The first kappa shape index (κ1) is 62.9. The minimum Gasteiger partial charge on any atom is -0.251 e. The Morgan fingerprint density at radius 3 is 1.04 bits per heavy atom. The first-order valence-electron chi connectivity index (χ1n) is 34.8. The number of aryl methyl sites for hydroxylation is 2. The Morgan fingerprint density at radius 1 is 0.204 bits per heavy atom. The average molecular weight is 1320 g/mol. The van der Waals surface area contributed by atoms with Gasteiger partial charge in [0, 0.05) is 71.9 Å². The molecule has 0 saturated heterocycles. The zero-order valence-electron chi connectivity index (χ0n) is 56.8. The number of aromatic nitrogens is 8. The Bertz CT molecular complexity index is 6000. The number of hydrogen-bond acceptors (Lipinski definition) is 8. The molecule has 0 aliphatic carbocycles. The summed E-state index contributed by atoms with van der Waals surface area (Å²) in [6, 6.07) is 122.